The van der Waals surface area contributed by atoms with Crippen LogP contribution in [0.1, 0.15) is 26.7 Å². The van der Waals surface area contributed by atoms with Crippen molar-refractivity contribution in [2.24, 2.45) is 11.8 Å². The summed E-state index contributed by atoms with van der Waals surface area (Å²) in [5.74, 6) is -0.00736. The van der Waals surface area contributed by atoms with Crippen LogP contribution >= 0.6 is 0 Å². The van der Waals surface area contributed by atoms with Crippen molar-refractivity contribution in [1.82, 2.24) is 15.5 Å². The highest BCUT2D eigenvalue weighted by molar-refractivity contribution is 5.92. The van der Waals surface area contributed by atoms with Crippen LogP contribution in [0, 0.1) is 11.8 Å². The van der Waals surface area contributed by atoms with E-state index in [4.69, 9.17) is 0 Å². The van der Waals surface area contributed by atoms with Crippen molar-refractivity contribution in [2.75, 3.05) is 14.2 Å². The summed E-state index contributed by atoms with van der Waals surface area (Å²) >= 11 is 0. The van der Waals surface area contributed by atoms with Crippen molar-refractivity contribution in [3.63, 3.8) is 0 Å². The predicted octanol–water partition coefficient (Wildman–Crippen LogP) is 0.102. The van der Waals surface area contributed by atoms with E-state index in [1.54, 1.807) is 11.9 Å². The number of carbonyl (C=O) groups excluding carboxylic acids is 3. The lowest BCUT2D eigenvalue weighted by Gasteiger charge is -2.31. The van der Waals surface area contributed by atoms with Gasteiger partial charge in [0.2, 0.25) is 11.8 Å². The van der Waals surface area contributed by atoms with E-state index in [-0.39, 0.29) is 23.8 Å². The zero-order valence-electron chi connectivity index (χ0n) is 12.9. The fourth-order valence-corrected chi connectivity index (χ4v) is 3.03. The van der Waals surface area contributed by atoms with Gasteiger partial charge in [0.15, 0.2) is 0 Å². The summed E-state index contributed by atoms with van der Waals surface area (Å²) in [6.07, 6.45) is 1.02. The van der Waals surface area contributed by atoms with E-state index in [1.807, 2.05) is 13.8 Å². The monoisotopic (exact) mass is 297 g/mol. The van der Waals surface area contributed by atoms with Gasteiger partial charge in [-0.15, -0.1) is 0 Å². The molecule has 21 heavy (non-hydrogen) atoms. The first-order chi connectivity index (χ1) is 9.90. The van der Waals surface area contributed by atoms with Crippen molar-refractivity contribution in [3.05, 3.63) is 0 Å². The molecule has 4 unspecified atom stereocenters. The minimum absolute atomic E-state index is 0.0836. The first kappa shape index (κ1) is 15.6. The summed E-state index contributed by atoms with van der Waals surface area (Å²) in [7, 11) is 2.83. The second kappa shape index (κ2) is 5.91. The maximum absolute atomic E-state index is 12.8. The first-order valence-corrected chi connectivity index (χ1v) is 7.29. The molecule has 1 saturated carbocycles. The van der Waals surface area contributed by atoms with Crippen LogP contribution in [-0.2, 0) is 14.3 Å². The van der Waals surface area contributed by atoms with Crippen LogP contribution in [0.15, 0.2) is 0 Å². The molecule has 1 heterocycles. The third kappa shape index (κ3) is 2.96. The van der Waals surface area contributed by atoms with E-state index in [1.165, 1.54) is 7.11 Å². The molecule has 0 aromatic heterocycles. The number of nitrogens with one attached hydrogen (secondary N) is 2. The highest BCUT2D eigenvalue weighted by Gasteiger charge is 2.57. The first-order valence-electron chi connectivity index (χ1n) is 7.29. The number of fused-ring (bicyclic) bond motifs is 1. The lowest BCUT2D eigenvalue weighted by Crippen LogP contribution is -2.56. The minimum Gasteiger partial charge on any atom is -0.453 e. The summed E-state index contributed by atoms with van der Waals surface area (Å²) in [6, 6.07) is -0.962. The minimum atomic E-state index is -0.677. The molecule has 7 heteroatoms. The lowest BCUT2D eigenvalue weighted by molar-refractivity contribution is -0.141. The van der Waals surface area contributed by atoms with Gasteiger partial charge in [-0.25, -0.2) is 4.79 Å². The van der Waals surface area contributed by atoms with Gasteiger partial charge in [0, 0.05) is 13.1 Å². The zero-order valence-corrected chi connectivity index (χ0v) is 12.9. The molecule has 2 rings (SSSR count). The molecule has 7 nitrogen and oxygen atoms in total. The number of ether oxygens (including phenoxy) is 1. The van der Waals surface area contributed by atoms with Gasteiger partial charge in [0.1, 0.15) is 12.1 Å². The molecule has 3 amide bonds. The molecule has 0 radical (unpaired) electrons. The van der Waals surface area contributed by atoms with Crippen LogP contribution in [0.3, 0.4) is 0 Å². The Labute approximate surface area is 124 Å². The smallest absolute Gasteiger partial charge is 0.407 e. The number of methoxy groups -OCH3 is 1. The van der Waals surface area contributed by atoms with Gasteiger partial charge in [-0.1, -0.05) is 13.8 Å². The summed E-state index contributed by atoms with van der Waals surface area (Å²) in [5, 5.41) is 5.18. The van der Waals surface area contributed by atoms with E-state index < -0.39 is 18.2 Å². The molecular weight excluding hydrogens is 274 g/mol. The molecule has 1 aliphatic heterocycles. The van der Waals surface area contributed by atoms with E-state index in [0.29, 0.717) is 12.3 Å². The Hall–Kier alpha value is -1.79. The fourth-order valence-electron chi connectivity index (χ4n) is 3.03. The third-order valence-electron chi connectivity index (χ3n) is 4.30. The van der Waals surface area contributed by atoms with E-state index in [9.17, 15) is 14.4 Å². The molecule has 1 saturated heterocycles. The molecule has 0 aromatic rings. The van der Waals surface area contributed by atoms with Gasteiger partial charge in [-0.3, -0.25) is 9.59 Å². The number of likely N-dealkylation sites (tertiary alicyclic amines) is 1. The number of hydrogen-bond acceptors (Lipinski definition) is 4. The number of alkyl carbamates (subject to hydrolysis) is 1. The number of rotatable bonds is 4. The number of nitrogens with zero attached hydrogens (tertiary/aromatic N) is 1. The molecule has 2 aliphatic rings. The summed E-state index contributed by atoms with van der Waals surface area (Å²) < 4.78 is 4.58. The van der Waals surface area contributed by atoms with E-state index in [0.717, 1.165) is 6.42 Å². The molecule has 2 N–H and O–H groups in total. The van der Waals surface area contributed by atoms with Crippen LogP contribution in [0.4, 0.5) is 4.79 Å². The molecular formula is C14H23N3O4. The van der Waals surface area contributed by atoms with Crippen LogP contribution in [0.25, 0.3) is 0 Å². The number of carbonyl (C=O) groups is 3. The molecule has 0 aromatic carbocycles. The topological polar surface area (TPSA) is 87.7 Å². The Balaban J connectivity index is 2.14. The van der Waals surface area contributed by atoms with Gasteiger partial charge in [-0.2, -0.15) is 0 Å². The lowest BCUT2D eigenvalue weighted by atomic mass is 10.0. The summed E-state index contributed by atoms with van der Waals surface area (Å²) in [6.45, 7) is 3.71. The number of hydrogen-bond donors (Lipinski definition) is 2. The second-order valence-electron chi connectivity index (χ2n) is 6.03. The van der Waals surface area contributed by atoms with Gasteiger partial charge in [0.05, 0.1) is 7.11 Å². The van der Waals surface area contributed by atoms with Crippen molar-refractivity contribution < 1.29 is 19.1 Å². The van der Waals surface area contributed by atoms with Gasteiger partial charge in [0.25, 0.3) is 0 Å². The number of likely N-dealkylation sites (N-methyl/N-ethyl adjacent to an activating group) is 1. The number of piperidine rings is 1. The maximum atomic E-state index is 12.8. The van der Waals surface area contributed by atoms with Crippen LogP contribution in [-0.4, -0.2) is 55.1 Å². The molecule has 1 aliphatic carbocycles. The van der Waals surface area contributed by atoms with Crippen molar-refractivity contribution in [1.29, 1.82) is 0 Å². The molecule has 2 fully saturated rings. The second-order valence-corrected chi connectivity index (χ2v) is 6.03. The highest BCUT2D eigenvalue weighted by Crippen LogP contribution is 2.48. The normalized spacial score (nSPS) is 27.9. The Morgan fingerprint density at radius 1 is 1.24 bits per heavy atom. The Morgan fingerprint density at radius 3 is 2.43 bits per heavy atom. The average molecular weight is 297 g/mol. The Kier molecular flexibility index (Phi) is 4.39. The Morgan fingerprint density at radius 2 is 1.90 bits per heavy atom. The van der Waals surface area contributed by atoms with Crippen molar-refractivity contribution in [2.45, 2.75) is 44.8 Å². The quantitative estimate of drug-likeness (QED) is 0.770. The van der Waals surface area contributed by atoms with Crippen LogP contribution in [0.5, 0.6) is 0 Å². The third-order valence-corrected chi connectivity index (χ3v) is 4.30. The van der Waals surface area contributed by atoms with Crippen LogP contribution < -0.4 is 10.6 Å². The van der Waals surface area contributed by atoms with E-state index >= 15 is 0 Å². The summed E-state index contributed by atoms with van der Waals surface area (Å²) in [4.78, 5) is 37.8. The molecule has 0 spiro atoms. The Bertz CT molecular complexity index is 452. The van der Waals surface area contributed by atoms with Crippen molar-refractivity contribution in [3.8, 4) is 0 Å². The number of amides is 3. The zero-order chi connectivity index (χ0) is 15.7. The largest absolute Gasteiger partial charge is 0.453 e. The highest BCUT2D eigenvalue weighted by atomic mass is 16.5. The predicted molar refractivity (Wildman–Crippen MR) is 75.4 cm³/mol. The van der Waals surface area contributed by atoms with Gasteiger partial charge < -0.3 is 20.3 Å². The van der Waals surface area contributed by atoms with Gasteiger partial charge >= 0.3 is 6.09 Å². The molecule has 4 atom stereocenters. The molecule has 0 bridgehead atoms. The molecule has 118 valence electrons. The maximum Gasteiger partial charge on any atom is 0.407 e. The standard InChI is InChI=1S/C14H23N3O4/c1-7(2)11(16-14(20)21-4)13(19)17-9-5-8(9)6-10(17)12(18)15-3/h7-11H,5-6H2,1-4H3,(H,15,18)(H,16,20). The van der Waals surface area contributed by atoms with Crippen molar-refractivity contribution >= 4 is 17.9 Å². The SMILES string of the molecule is CNC(=O)C1CC2CC2N1C(=O)C(NC(=O)OC)C(C)C. The van der Waals surface area contributed by atoms with Crippen LogP contribution in [0.2, 0.25) is 0 Å². The average Bonchev–Trinajstić information content (AvgIpc) is 3.12. The van der Waals surface area contributed by atoms with Gasteiger partial charge in [-0.05, 0) is 24.7 Å². The summed E-state index contributed by atoms with van der Waals surface area (Å²) in [5.41, 5.74) is 0. The fraction of sp³-hybridized carbons (Fsp3) is 0.786. The van der Waals surface area contributed by atoms with E-state index in [2.05, 4.69) is 15.4 Å².